The van der Waals surface area contributed by atoms with Gasteiger partial charge in [0.25, 0.3) is 0 Å². The normalized spacial score (nSPS) is 14.6. The van der Waals surface area contributed by atoms with Crippen molar-refractivity contribution in [2.24, 2.45) is 5.92 Å². The average molecular weight is 215 g/mol. The minimum atomic E-state index is -0.0141. The minimum Gasteiger partial charge on any atom is -0.375 e. The van der Waals surface area contributed by atoms with Gasteiger partial charge in [0.05, 0.1) is 12.2 Å². The van der Waals surface area contributed by atoms with Gasteiger partial charge in [-0.25, -0.2) is 0 Å². The van der Waals surface area contributed by atoms with E-state index in [4.69, 9.17) is 4.74 Å². The highest BCUT2D eigenvalue weighted by Gasteiger charge is 2.13. The maximum atomic E-state index is 5.66. The molecule has 0 aromatic rings. The summed E-state index contributed by atoms with van der Waals surface area (Å²) in [5.74, 6) is 0.791. The third-order valence-corrected chi connectivity index (χ3v) is 2.86. The van der Waals surface area contributed by atoms with E-state index in [1.807, 2.05) is 0 Å². The lowest BCUT2D eigenvalue weighted by Crippen LogP contribution is -2.36. The Bertz CT molecular complexity index is 147. The van der Waals surface area contributed by atoms with Crippen LogP contribution < -0.4 is 5.32 Å². The summed E-state index contributed by atoms with van der Waals surface area (Å²) >= 11 is 0. The molecule has 1 unspecified atom stereocenters. The van der Waals surface area contributed by atoms with Crippen LogP contribution in [0.3, 0.4) is 0 Å². The number of nitrogens with one attached hydrogen (secondary N) is 1. The molecule has 0 fully saturated rings. The van der Waals surface area contributed by atoms with Crippen LogP contribution in [0.4, 0.5) is 0 Å². The summed E-state index contributed by atoms with van der Waals surface area (Å²) in [6, 6.07) is 0.601. The monoisotopic (exact) mass is 215 g/mol. The molecule has 2 heteroatoms. The molecular formula is C13H29NO. The van der Waals surface area contributed by atoms with Crippen molar-refractivity contribution >= 4 is 0 Å². The predicted octanol–water partition coefficient (Wildman–Crippen LogP) is 3.22. The Labute approximate surface area is 95.8 Å². The minimum absolute atomic E-state index is 0.0141. The van der Waals surface area contributed by atoms with Crippen molar-refractivity contribution in [3.63, 3.8) is 0 Å². The standard InChI is InChI=1S/C13H29NO/c1-7-12(8-2)11(3)14-9-10-15-13(4,5)6/h11-12,14H,7-10H2,1-6H3. The molecule has 0 aliphatic rings. The SMILES string of the molecule is CCC(CC)C(C)NCCOC(C)(C)C. The Morgan fingerprint density at radius 2 is 1.67 bits per heavy atom. The maximum Gasteiger partial charge on any atom is 0.0599 e. The molecule has 0 saturated heterocycles. The largest absolute Gasteiger partial charge is 0.375 e. The molecule has 0 radical (unpaired) electrons. The molecule has 1 atom stereocenters. The molecular weight excluding hydrogens is 186 g/mol. The summed E-state index contributed by atoms with van der Waals surface area (Å²) in [6.07, 6.45) is 2.51. The summed E-state index contributed by atoms with van der Waals surface area (Å²) in [7, 11) is 0. The van der Waals surface area contributed by atoms with E-state index in [0.29, 0.717) is 6.04 Å². The highest BCUT2D eigenvalue weighted by Crippen LogP contribution is 2.12. The van der Waals surface area contributed by atoms with Crippen molar-refractivity contribution in [2.45, 2.75) is 66.0 Å². The van der Waals surface area contributed by atoms with Gasteiger partial charge in [-0.05, 0) is 33.6 Å². The predicted molar refractivity (Wildman–Crippen MR) is 67.2 cm³/mol. The third-order valence-electron chi connectivity index (χ3n) is 2.86. The number of hydrogen-bond donors (Lipinski definition) is 1. The number of ether oxygens (including phenoxy) is 1. The fraction of sp³-hybridized carbons (Fsp3) is 1.00. The van der Waals surface area contributed by atoms with Gasteiger partial charge in [-0.3, -0.25) is 0 Å². The molecule has 2 nitrogen and oxygen atoms in total. The van der Waals surface area contributed by atoms with Crippen molar-refractivity contribution in [1.82, 2.24) is 5.32 Å². The molecule has 0 saturated carbocycles. The molecule has 0 amide bonds. The van der Waals surface area contributed by atoms with Crippen LogP contribution in [0.15, 0.2) is 0 Å². The lowest BCUT2D eigenvalue weighted by molar-refractivity contribution is -0.00205. The van der Waals surface area contributed by atoms with Gasteiger partial charge in [0.15, 0.2) is 0 Å². The Morgan fingerprint density at radius 1 is 1.13 bits per heavy atom. The molecule has 0 aliphatic heterocycles. The van der Waals surface area contributed by atoms with Crippen LogP contribution in [-0.4, -0.2) is 24.8 Å². The second-order valence-electron chi connectivity index (χ2n) is 5.28. The Balaban J connectivity index is 3.58. The second-order valence-corrected chi connectivity index (χ2v) is 5.28. The van der Waals surface area contributed by atoms with E-state index in [9.17, 15) is 0 Å². The highest BCUT2D eigenvalue weighted by molar-refractivity contribution is 4.70. The molecule has 15 heavy (non-hydrogen) atoms. The first-order valence-corrected chi connectivity index (χ1v) is 6.28. The third kappa shape index (κ3) is 7.80. The van der Waals surface area contributed by atoms with Gasteiger partial charge in [-0.1, -0.05) is 26.7 Å². The molecule has 0 aromatic carbocycles. The summed E-state index contributed by atoms with van der Waals surface area (Å²) in [5, 5.41) is 3.53. The van der Waals surface area contributed by atoms with Gasteiger partial charge in [-0.2, -0.15) is 0 Å². The highest BCUT2D eigenvalue weighted by atomic mass is 16.5. The van der Waals surface area contributed by atoms with Crippen LogP contribution >= 0.6 is 0 Å². The van der Waals surface area contributed by atoms with Gasteiger partial charge in [0, 0.05) is 12.6 Å². The Hall–Kier alpha value is -0.0800. The van der Waals surface area contributed by atoms with Gasteiger partial charge in [-0.15, -0.1) is 0 Å². The first kappa shape index (κ1) is 14.9. The van der Waals surface area contributed by atoms with E-state index in [-0.39, 0.29) is 5.60 Å². The fourth-order valence-electron chi connectivity index (χ4n) is 1.81. The van der Waals surface area contributed by atoms with Crippen LogP contribution in [-0.2, 0) is 4.74 Å². The number of rotatable bonds is 7. The van der Waals surface area contributed by atoms with Crippen molar-refractivity contribution in [2.75, 3.05) is 13.2 Å². The first-order chi connectivity index (χ1) is 6.90. The van der Waals surface area contributed by atoms with E-state index >= 15 is 0 Å². The van der Waals surface area contributed by atoms with E-state index in [0.717, 1.165) is 19.1 Å². The van der Waals surface area contributed by atoms with Crippen LogP contribution in [0.25, 0.3) is 0 Å². The zero-order valence-electron chi connectivity index (χ0n) is 11.4. The van der Waals surface area contributed by atoms with Crippen LogP contribution in [0.2, 0.25) is 0 Å². The van der Waals surface area contributed by atoms with Crippen LogP contribution in [0, 0.1) is 5.92 Å². The van der Waals surface area contributed by atoms with Crippen LogP contribution in [0.5, 0.6) is 0 Å². The van der Waals surface area contributed by atoms with E-state index < -0.39 is 0 Å². The lowest BCUT2D eigenvalue weighted by atomic mass is 9.96. The smallest absolute Gasteiger partial charge is 0.0599 e. The summed E-state index contributed by atoms with van der Waals surface area (Å²) < 4.78 is 5.66. The van der Waals surface area contributed by atoms with E-state index in [1.165, 1.54) is 12.8 Å². The quantitative estimate of drug-likeness (QED) is 0.658. The lowest BCUT2D eigenvalue weighted by Gasteiger charge is -2.24. The van der Waals surface area contributed by atoms with Gasteiger partial charge in [0.1, 0.15) is 0 Å². The molecule has 0 aromatic heterocycles. The fourth-order valence-corrected chi connectivity index (χ4v) is 1.81. The van der Waals surface area contributed by atoms with Gasteiger partial charge < -0.3 is 10.1 Å². The molecule has 1 N–H and O–H groups in total. The number of hydrogen-bond acceptors (Lipinski definition) is 2. The Morgan fingerprint density at radius 3 is 2.07 bits per heavy atom. The Kier molecular flexibility index (Phi) is 7.20. The van der Waals surface area contributed by atoms with Gasteiger partial charge in [0.2, 0.25) is 0 Å². The molecule has 0 spiro atoms. The molecule has 92 valence electrons. The van der Waals surface area contributed by atoms with Crippen molar-refractivity contribution in [3.05, 3.63) is 0 Å². The molecule has 0 aliphatic carbocycles. The second kappa shape index (κ2) is 7.24. The van der Waals surface area contributed by atoms with E-state index in [1.54, 1.807) is 0 Å². The van der Waals surface area contributed by atoms with Crippen LogP contribution in [0.1, 0.15) is 54.4 Å². The molecule has 0 bridgehead atoms. The summed E-state index contributed by atoms with van der Waals surface area (Å²) in [5.41, 5.74) is -0.0141. The van der Waals surface area contributed by atoms with Crippen molar-refractivity contribution in [3.8, 4) is 0 Å². The molecule has 0 heterocycles. The molecule has 0 rings (SSSR count). The average Bonchev–Trinajstić information content (AvgIpc) is 2.13. The zero-order chi connectivity index (χ0) is 11.9. The summed E-state index contributed by atoms with van der Waals surface area (Å²) in [6.45, 7) is 14.8. The van der Waals surface area contributed by atoms with Crippen molar-refractivity contribution in [1.29, 1.82) is 0 Å². The topological polar surface area (TPSA) is 21.3 Å². The van der Waals surface area contributed by atoms with E-state index in [2.05, 4.69) is 46.9 Å². The maximum absolute atomic E-state index is 5.66. The zero-order valence-corrected chi connectivity index (χ0v) is 11.4. The van der Waals surface area contributed by atoms with Gasteiger partial charge >= 0.3 is 0 Å². The summed E-state index contributed by atoms with van der Waals surface area (Å²) in [4.78, 5) is 0. The first-order valence-electron chi connectivity index (χ1n) is 6.28. The van der Waals surface area contributed by atoms with Crippen molar-refractivity contribution < 1.29 is 4.74 Å².